The van der Waals surface area contributed by atoms with Crippen LogP contribution in [0.25, 0.3) is 10.9 Å². The first-order chi connectivity index (χ1) is 11.6. The minimum absolute atomic E-state index is 0.241. The van der Waals surface area contributed by atoms with Crippen molar-refractivity contribution in [3.63, 3.8) is 0 Å². The van der Waals surface area contributed by atoms with Crippen LogP contribution in [0.3, 0.4) is 0 Å². The van der Waals surface area contributed by atoms with Crippen LogP contribution < -0.4 is 10.6 Å². The van der Waals surface area contributed by atoms with Crippen molar-refractivity contribution in [1.29, 1.82) is 0 Å². The molecule has 0 aliphatic heterocycles. The number of anilines is 2. The largest absolute Gasteiger partial charge is 0.369 e. The highest BCUT2D eigenvalue weighted by atomic mass is 19.1. The van der Waals surface area contributed by atoms with Gasteiger partial charge in [0.2, 0.25) is 5.95 Å². The number of aromatic nitrogens is 3. The molecule has 2 aromatic heterocycles. The summed E-state index contributed by atoms with van der Waals surface area (Å²) in [5.41, 5.74) is 1.79. The van der Waals surface area contributed by atoms with Crippen molar-refractivity contribution in [1.82, 2.24) is 15.0 Å². The van der Waals surface area contributed by atoms with E-state index in [0.29, 0.717) is 18.4 Å². The summed E-state index contributed by atoms with van der Waals surface area (Å²) in [6, 6.07) is 8.22. The molecule has 0 atom stereocenters. The monoisotopic (exact) mass is 325 g/mol. The smallest absolute Gasteiger partial charge is 0.223 e. The maximum absolute atomic E-state index is 12.9. The summed E-state index contributed by atoms with van der Waals surface area (Å²) in [5.74, 6) is 1.62. The molecule has 0 aliphatic carbocycles. The third-order valence-electron chi connectivity index (χ3n) is 3.55. The molecule has 0 unspecified atom stereocenters. The van der Waals surface area contributed by atoms with Crippen LogP contribution in [-0.2, 0) is 6.54 Å². The molecular weight excluding hydrogens is 305 g/mol. The Balaban J connectivity index is 1.75. The topological polar surface area (TPSA) is 62.7 Å². The predicted molar refractivity (Wildman–Crippen MR) is 94.4 cm³/mol. The third-order valence-corrected chi connectivity index (χ3v) is 3.55. The fourth-order valence-electron chi connectivity index (χ4n) is 2.27. The lowest BCUT2D eigenvalue weighted by molar-refractivity contribution is 0.627. The number of halogens is 1. The van der Waals surface area contributed by atoms with Gasteiger partial charge >= 0.3 is 0 Å². The molecular formula is C18H20FN5. The van der Waals surface area contributed by atoms with E-state index in [4.69, 9.17) is 0 Å². The second-order valence-corrected chi connectivity index (χ2v) is 6.04. The Hall–Kier alpha value is -2.76. The van der Waals surface area contributed by atoms with E-state index in [1.54, 1.807) is 24.5 Å². The lowest BCUT2D eigenvalue weighted by Crippen LogP contribution is -2.10. The summed E-state index contributed by atoms with van der Waals surface area (Å²) in [6.45, 7) is 5.67. The molecule has 0 amide bonds. The summed E-state index contributed by atoms with van der Waals surface area (Å²) in [4.78, 5) is 13.2. The number of nitrogens with zero attached hydrogens (tertiary/aromatic N) is 3. The molecule has 24 heavy (non-hydrogen) atoms. The first-order valence-electron chi connectivity index (χ1n) is 7.96. The van der Waals surface area contributed by atoms with E-state index < -0.39 is 0 Å². The Bertz CT molecular complexity index is 817. The van der Waals surface area contributed by atoms with E-state index in [9.17, 15) is 4.39 Å². The van der Waals surface area contributed by atoms with Crippen molar-refractivity contribution < 1.29 is 4.39 Å². The fourth-order valence-corrected chi connectivity index (χ4v) is 2.27. The van der Waals surface area contributed by atoms with Crippen LogP contribution in [0.5, 0.6) is 0 Å². The molecule has 0 saturated carbocycles. The number of hydrogen-bond acceptors (Lipinski definition) is 5. The minimum atomic E-state index is -0.241. The lowest BCUT2D eigenvalue weighted by Gasteiger charge is -2.11. The van der Waals surface area contributed by atoms with E-state index in [-0.39, 0.29) is 5.82 Å². The molecule has 0 bridgehead atoms. The van der Waals surface area contributed by atoms with Crippen LogP contribution in [0, 0.1) is 11.7 Å². The standard InChI is InChI=1S/C18H20FN5/c1-12(2)9-21-17-15-11-23-18(24-16(15)7-8-20-17)22-10-13-3-5-14(19)6-4-13/h3-8,11-12H,9-10H2,1-2H3,(H,20,21)(H,22,23,24). The molecule has 0 aliphatic rings. The Kier molecular flexibility index (Phi) is 4.84. The number of fused-ring (bicyclic) bond motifs is 1. The zero-order valence-corrected chi connectivity index (χ0v) is 13.8. The molecule has 2 heterocycles. The number of nitrogens with one attached hydrogen (secondary N) is 2. The number of rotatable bonds is 6. The van der Waals surface area contributed by atoms with Gasteiger partial charge in [-0.3, -0.25) is 0 Å². The highest BCUT2D eigenvalue weighted by Gasteiger charge is 2.06. The van der Waals surface area contributed by atoms with Crippen molar-refractivity contribution >= 4 is 22.7 Å². The molecule has 0 fully saturated rings. The van der Waals surface area contributed by atoms with E-state index in [1.807, 2.05) is 6.07 Å². The summed E-state index contributed by atoms with van der Waals surface area (Å²) < 4.78 is 12.9. The van der Waals surface area contributed by atoms with E-state index in [0.717, 1.165) is 28.8 Å². The number of pyridine rings is 1. The summed E-state index contributed by atoms with van der Waals surface area (Å²) in [6.07, 6.45) is 3.51. The molecule has 0 spiro atoms. The third kappa shape index (κ3) is 3.95. The van der Waals surface area contributed by atoms with Crippen LogP contribution in [0.1, 0.15) is 19.4 Å². The Morgan fingerprint density at radius 3 is 2.58 bits per heavy atom. The minimum Gasteiger partial charge on any atom is -0.369 e. The Morgan fingerprint density at radius 1 is 1.04 bits per heavy atom. The second-order valence-electron chi connectivity index (χ2n) is 6.04. The van der Waals surface area contributed by atoms with Crippen LogP contribution in [-0.4, -0.2) is 21.5 Å². The Morgan fingerprint density at radius 2 is 1.83 bits per heavy atom. The van der Waals surface area contributed by atoms with Crippen molar-refractivity contribution in [2.45, 2.75) is 20.4 Å². The highest BCUT2D eigenvalue weighted by molar-refractivity contribution is 5.88. The molecule has 3 aromatic rings. The molecule has 2 N–H and O–H groups in total. The Labute approximate surface area is 140 Å². The average Bonchev–Trinajstić information content (AvgIpc) is 2.59. The van der Waals surface area contributed by atoms with Gasteiger partial charge in [-0.1, -0.05) is 26.0 Å². The highest BCUT2D eigenvalue weighted by Crippen LogP contribution is 2.20. The maximum atomic E-state index is 12.9. The zero-order valence-electron chi connectivity index (χ0n) is 13.8. The van der Waals surface area contributed by atoms with E-state index >= 15 is 0 Å². The maximum Gasteiger partial charge on any atom is 0.223 e. The second kappa shape index (κ2) is 7.21. The van der Waals surface area contributed by atoms with Crippen molar-refractivity contribution in [3.05, 3.63) is 54.1 Å². The van der Waals surface area contributed by atoms with Gasteiger partial charge in [0.1, 0.15) is 11.6 Å². The molecule has 124 valence electrons. The number of benzene rings is 1. The zero-order chi connectivity index (χ0) is 16.9. The van der Waals surface area contributed by atoms with Gasteiger partial charge in [0.15, 0.2) is 0 Å². The van der Waals surface area contributed by atoms with Crippen molar-refractivity contribution in [3.8, 4) is 0 Å². The van der Waals surface area contributed by atoms with Crippen molar-refractivity contribution in [2.75, 3.05) is 17.2 Å². The van der Waals surface area contributed by atoms with Gasteiger partial charge in [0.25, 0.3) is 0 Å². The molecule has 5 nitrogen and oxygen atoms in total. The van der Waals surface area contributed by atoms with Gasteiger partial charge < -0.3 is 10.6 Å². The van der Waals surface area contributed by atoms with Gasteiger partial charge in [-0.2, -0.15) is 0 Å². The molecule has 0 radical (unpaired) electrons. The number of hydrogen-bond donors (Lipinski definition) is 2. The normalized spacial score (nSPS) is 11.0. The first kappa shape index (κ1) is 16.1. The molecule has 6 heteroatoms. The van der Waals surface area contributed by atoms with Crippen LogP contribution >= 0.6 is 0 Å². The van der Waals surface area contributed by atoms with Gasteiger partial charge in [0, 0.05) is 25.5 Å². The van der Waals surface area contributed by atoms with Crippen LogP contribution in [0.4, 0.5) is 16.2 Å². The van der Waals surface area contributed by atoms with Gasteiger partial charge in [-0.25, -0.2) is 19.3 Å². The van der Waals surface area contributed by atoms with E-state index in [1.165, 1.54) is 12.1 Å². The molecule has 0 saturated heterocycles. The van der Waals surface area contributed by atoms with Crippen LogP contribution in [0.15, 0.2) is 42.7 Å². The first-order valence-corrected chi connectivity index (χ1v) is 7.96. The summed E-state index contributed by atoms with van der Waals surface area (Å²) >= 11 is 0. The quantitative estimate of drug-likeness (QED) is 0.721. The predicted octanol–water partition coefficient (Wildman–Crippen LogP) is 3.84. The lowest BCUT2D eigenvalue weighted by atomic mass is 10.2. The van der Waals surface area contributed by atoms with Crippen molar-refractivity contribution in [2.24, 2.45) is 5.92 Å². The average molecular weight is 325 g/mol. The van der Waals surface area contributed by atoms with Crippen LogP contribution in [0.2, 0.25) is 0 Å². The van der Waals surface area contributed by atoms with Gasteiger partial charge in [-0.15, -0.1) is 0 Å². The van der Waals surface area contributed by atoms with E-state index in [2.05, 4.69) is 39.4 Å². The van der Waals surface area contributed by atoms with Gasteiger partial charge in [-0.05, 0) is 29.7 Å². The summed E-state index contributed by atoms with van der Waals surface area (Å²) in [7, 11) is 0. The SMILES string of the molecule is CC(C)CNc1nccc2nc(NCc3ccc(F)cc3)ncc12. The summed E-state index contributed by atoms with van der Waals surface area (Å²) in [5, 5.41) is 7.37. The molecule has 3 rings (SSSR count). The fraction of sp³-hybridized carbons (Fsp3) is 0.278. The molecule has 1 aromatic carbocycles. The van der Waals surface area contributed by atoms with Gasteiger partial charge in [0.05, 0.1) is 10.9 Å².